The van der Waals surface area contributed by atoms with Gasteiger partial charge in [-0.2, -0.15) is 0 Å². The Hall–Kier alpha value is -7.27. The summed E-state index contributed by atoms with van der Waals surface area (Å²) in [5, 5.41) is 2.35. The van der Waals surface area contributed by atoms with Crippen LogP contribution in [0, 0.1) is 13.8 Å². The van der Waals surface area contributed by atoms with Crippen molar-refractivity contribution in [1.82, 2.24) is 9.55 Å². The van der Waals surface area contributed by atoms with Crippen molar-refractivity contribution >= 4 is 40.6 Å². The van der Waals surface area contributed by atoms with Gasteiger partial charge in [-0.1, -0.05) is 145 Å². The molecular weight excluding hydrogens is 795 g/mol. The molecule has 0 atom stereocenters. The first-order valence-electron chi connectivity index (χ1n) is 22.5. The monoisotopic (exact) mass is 841 g/mol. The molecule has 0 spiro atoms. The number of para-hydroxylation sites is 1. The number of aromatic nitrogens is 2. The van der Waals surface area contributed by atoms with Crippen LogP contribution in [-0.4, -0.2) is 9.55 Å². The zero-order valence-electron chi connectivity index (χ0n) is 36.1. The molecule has 3 aliphatic carbocycles. The third kappa shape index (κ3) is 6.19. The number of fused-ring (bicyclic) bond motifs is 5. The molecule has 12 rings (SSSR count). The van der Waals surface area contributed by atoms with Gasteiger partial charge in [-0.25, -0.2) is 4.98 Å². The van der Waals surface area contributed by atoms with Crippen molar-refractivity contribution in [3.05, 3.63) is 243 Å². The zero-order chi connectivity index (χ0) is 42.8. The van der Waals surface area contributed by atoms with Gasteiger partial charge >= 0.3 is 0 Å². The Labute approximate surface area is 380 Å². The highest BCUT2D eigenvalue weighted by Crippen LogP contribution is 2.57. The maximum absolute atomic E-state index is 5.21. The van der Waals surface area contributed by atoms with Crippen molar-refractivity contribution in [2.45, 2.75) is 44.9 Å². The Balaban J connectivity index is 0.958. The molecule has 4 heteroatoms. The second kappa shape index (κ2) is 15.5. The molecule has 64 heavy (non-hydrogen) atoms. The summed E-state index contributed by atoms with van der Waals surface area (Å²) in [5.41, 5.74) is 21.7. The summed E-state index contributed by atoms with van der Waals surface area (Å²) in [4.78, 5) is 9.10. The van der Waals surface area contributed by atoms with Gasteiger partial charge in [0, 0.05) is 38.4 Å². The van der Waals surface area contributed by atoms with Crippen LogP contribution in [0.15, 0.2) is 187 Å². The molecule has 0 unspecified atom stereocenters. The fourth-order valence-electron chi connectivity index (χ4n) is 10.5. The predicted molar refractivity (Wildman–Crippen MR) is 268 cm³/mol. The second-order valence-electron chi connectivity index (χ2n) is 17.5. The van der Waals surface area contributed by atoms with Gasteiger partial charge in [0.1, 0.15) is 5.82 Å². The van der Waals surface area contributed by atoms with E-state index < -0.39 is 5.41 Å². The Bertz CT molecular complexity index is 3210. The molecule has 0 N–H and O–H groups in total. The number of benzene rings is 7. The molecule has 0 fully saturated rings. The minimum atomic E-state index is -0.452. The largest absolute Gasteiger partial charge is 0.309 e. The fourth-order valence-corrected chi connectivity index (χ4v) is 11.5. The molecule has 0 bridgehead atoms. The van der Waals surface area contributed by atoms with Crippen molar-refractivity contribution in [2.24, 2.45) is 0 Å². The fraction of sp³-hybridized carbons (Fsp3) is 0.117. The van der Waals surface area contributed by atoms with Crippen LogP contribution in [-0.2, 0) is 18.3 Å². The number of thiophene rings is 1. The molecule has 2 heterocycles. The molecule has 9 aromatic rings. The van der Waals surface area contributed by atoms with Crippen LogP contribution in [0.5, 0.6) is 0 Å². The number of nitrogens with zero attached hydrogens (tertiary/aromatic N) is 3. The van der Waals surface area contributed by atoms with Gasteiger partial charge in [0.05, 0.1) is 22.5 Å². The Morgan fingerprint density at radius 2 is 1.17 bits per heavy atom. The molecule has 2 aromatic heterocycles. The lowest BCUT2D eigenvalue weighted by Crippen LogP contribution is -2.28. The number of anilines is 3. The van der Waals surface area contributed by atoms with E-state index in [1.165, 1.54) is 77.5 Å². The summed E-state index contributed by atoms with van der Waals surface area (Å²) in [5.74, 6) is 0.979. The minimum absolute atomic E-state index is 0.452. The van der Waals surface area contributed by atoms with Gasteiger partial charge < -0.3 is 4.90 Å². The number of allylic oxidation sites excluding steroid dienone is 2. The first-order chi connectivity index (χ1) is 31.5. The summed E-state index contributed by atoms with van der Waals surface area (Å²) in [6, 6.07) is 63.5. The van der Waals surface area contributed by atoms with E-state index in [1.807, 2.05) is 11.3 Å². The predicted octanol–water partition coefficient (Wildman–Crippen LogP) is 15.6. The van der Waals surface area contributed by atoms with E-state index >= 15 is 0 Å². The lowest BCUT2D eigenvalue weighted by atomic mass is 9.67. The number of hydrogen-bond donors (Lipinski definition) is 0. The quantitative estimate of drug-likeness (QED) is 0.152. The molecule has 0 aliphatic heterocycles. The van der Waals surface area contributed by atoms with E-state index in [0.29, 0.717) is 0 Å². The minimum Gasteiger partial charge on any atom is -0.309 e. The van der Waals surface area contributed by atoms with Crippen LogP contribution >= 0.6 is 11.3 Å². The first kappa shape index (κ1) is 38.4. The van der Waals surface area contributed by atoms with Crippen molar-refractivity contribution < 1.29 is 0 Å². The standard InChI is InChI=1S/C60H47N3S/c1-40-20-29-45(30-21-40)60(46-31-22-41(2)23-32-46)53-16-8-6-14-50(53)51-37-28-44(38-54(51)60)42-24-33-48(34-25-42)62(57-39-64-58-19-11-7-15-52(57)58)49-35-26-43(27-36-49)59-61-55-17-9-10-18-56(55)63(59)47-12-4-3-5-13-47/h3-9,12-17,20-39H,10-11,18-19H2,1-2H3. The van der Waals surface area contributed by atoms with Crippen LogP contribution in [0.1, 0.15) is 68.1 Å². The summed E-state index contributed by atoms with van der Waals surface area (Å²) >= 11 is 1.88. The highest BCUT2D eigenvalue weighted by molar-refractivity contribution is 7.10. The smallest absolute Gasteiger partial charge is 0.145 e. The number of rotatable bonds is 8. The molecule has 0 radical (unpaired) electrons. The van der Waals surface area contributed by atoms with E-state index in [-0.39, 0.29) is 0 Å². The lowest BCUT2D eigenvalue weighted by molar-refractivity contribution is 0.768. The van der Waals surface area contributed by atoms with Crippen molar-refractivity contribution in [1.29, 1.82) is 0 Å². The third-order valence-electron chi connectivity index (χ3n) is 13.7. The maximum atomic E-state index is 5.21. The van der Waals surface area contributed by atoms with Crippen molar-refractivity contribution in [2.75, 3.05) is 4.90 Å². The van der Waals surface area contributed by atoms with Gasteiger partial charge in [-0.15, -0.1) is 11.3 Å². The van der Waals surface area contributed by atoms with E-state index in [9.17, 15) is 0 Å². The van der Waals surface area contributed by atoms with Gasteiger partial charge in [-0.3, -0.25) is 4.57 Å². The van der Waals surface area contributed by atoms with Crippen LogP contribution < -0.4 is 4.90 Å². The number of hydrogen-bond acceptors (Lipinski definition) is 3. The lowest BCUT2D eigenvalue weighted by Gasteiger charge is -2.34. The molecule has 3 nitrogen and oxygen atoms in total. The van der Waals surface area contributed by atoms with Gasteiger partial charge in [-0.05, 0) is 145 Å². The van der Waals surface area contributed by atoms with Crippen molar-refractivity contribution in [3.63, 3.8) is 0 Å². The summed E-state index contributed by atoms with van der Waals surface area (Å²) < 4.78 is 2.35. The number of imidazole rings is 1. The molecule has 308 valence electrons. The molecule has 0 amide bonds. The van der Waals surface area contributed by atoms with Crippen LogP contribution in [0.25, 0.3) is 51.5 Å². The van der Waals surface area contributed by atoms with Crippen LogP contribution in [0.4, 0.5) is 17.1 Å². The summed E-state index contributed by atoms with van der Waals surface area (Å²) in [7, 11) is 0. The van der Waals surface area contributed by atoms with Gasteiger partial charge in [0.2, 0.25) is 0 Å². The Morgan fingerprint density at radius 3 is 1.89 bits per heavy atom. The topological polar surface area (TPSA) is 21.1 Å². The van der Waals surface area contributed by atoms with E-state index in [4.69, 9.17) is 4.98 Å². The third-order valence-corrected chi connectivity index (χ3v) is 14.7. The zero-order valence-corrected chi connectivity index (χ0v) is 36.9. The SMILES string of the molecule is Cc1ccc(C2(c3ccc(C)cc3)c3ccccc3-c3ccc(-c4ccc(N(c5ccc(-c6nc7c(n6-c6ccccc6)CCC=C7)cc5)c5csc6c5C=CCC6)cc4)cc32)cc1. The van der Waals surface area contributed by atoms with Gasteiger partial charge in [0.15, 0.2) is 0 Å². The van der Waals surface area contributed by atoms with Gasteiger partial charge in [0.25, 0.3) is 0 Å². The highest BCUT2D eigenvalue weighted by Gasteiger charge is 2.46. The highest BCUT2D eigenvalue weighted by atomic mass is 32.1. The molecule has 7 aromatic carbocycles. The maximum Gasteiger partial charge on any atom is 0.145 e. The molecule has 3 aliphatic rings. The first-order valence-corrected chi connectivity index (χ1v) is 23.4. The molecule has 0 saturated carbocycles. The average Bonchev–Trinajstić information content (AvgIpc) is 4.04. The normalized spacial score (nSPS) is 14.2. The van der Waals surface area contributed by atoms with E-state index in [2.05, 4.69) is 223 Å². The number of aryl methyl sites for hydroxylation is 3. The van der Waals surface area contributed by atoms with Crippen molar-refractivity contribution in [3.8, 4) is 39.3 Å². The van der Waals surface area contributed by atoms with Crippen LogP contribution in [0.2, 0.25) is 0 Å². The summed E-state index contributed by atoms with van der Waals surface area (Å²) in [6.45, 7) is 4.35. The average molecular weight is 842 g/mol. The summed E-state index contributed by atoms with van der Waals surface area (Å²) in [6.07, 6.45) is 13.2. The van der Waals surface area contributed by atoms with E-state index in [0.717, 1.165) is 59.8 Å². The van der Waals surface area contributed by atoms with E-state index in [1.54, 1.807) is 0 Å². The second-order valence-corrected chi connectivity index (χ2v) is 18.5. The Kier molecular flexibility index (Phi) is 9.31. The molecule has 0 saturated heterocycles. The Morgan fingerprint density at radius 1 is 0.562 bits per heavy atom. The molecular formula is C60H47N3S. The van der Waals surface area contributed by atoms with Crippen LogP contribution in [0.3, 0.4) is 0 Å².